The van der Waals surface area contributed by atoms with Crippen LogP contribution in [0.5, 0.6) is 5.75 Å². The third-order valence-electron chi connectivity index (χ3n) is 3.89. The molecule has 0 aliphatic heterocycles. The van der Waals surface area contributed by atoms with Crippen LogP contribution in [0, 0.1) is 0 Å². The summed E-state index contributed by atoms with van der Waals surface area (Å²) in [6.07, 6.45) is -10.3. The smallest absolute Gasteiger partial charge is 0.406 e. The third-order valence-corrected chi connectivity index (χ3v) is 5.77. The highest BCUT2D eigenvalue weighted by Crippen LogP contribution is 2.35. The summed E-state index contributed by atoms with van der Waals surface area (Å²) < 4.78 is 108. The fourth-order valence-electron chi connectivity index (χ4n) is 2.56. The Bertz CT molecular complexity index is 1340. The van der Waals surface area contributed by atoms with Crippen molar-refractivity contribution in [3.8, 4) is 11.4 Å². The second-order valence-corrected chi connectivity index (χ2v) is 8.77. The van der Waals surface area contributed by atoms with E-state index in [0.717, 1.165) is 12.1 Å². The van der Waals surface area contributed by atoms with Gasteiger partial charge >= 0.3 is 12.5 Å². The molecule has 1 heterocycles. The zero-order chi connectivity index (χ0) is 25.5. The van der Waals surface area contributed by atoms with Crippen LogP contribution in [0.2, 0.25) is 10.0 Å². The van der Waals surface area contributed by atoms with Gasteiger partial charge in [0.05, 0.1) is 15.6 Å². The van der Waals surface area contributed by atoms with E-state index in [4.69, 9.17) is 23.2 Å². The summed E-state index contributed by atoms with van der Waals surface area (Å²) in [7, 11) is -4.82. The lowest BCUT2D eigenvalue weighted by molar-refractivity contribution is -0.274. The van der Waals surface area contributed by atoms with E-state index in [0.29, 0.717) is 24.3 Å². The zero-order valence-electron chi connectivity index (χ0n) is 15.9. The first kappa shape index (κ1) is 25.6. The number of hydrogen-bond donors (Lipinski definition) is 1. The standard InChI is InChI=1S/C17H8Cl2F6N4O4S/c18-8-1-6-12(11(19)7-8)29-14(16(20,21)22)13(26-28-29)15(30)27-34(31,32)10-4-2-9(3-5-10)33-17(23,24)25/h1-7H,(H,27,30). The van der Waals surface area contributed by atoms with Crippen LogP contribution < -0.4 is 9.46 Å². The second-order valence-electron chi connectivity index (χ2n) is 6.25. The van der Waals surface area contributed by atoms with Crippen molar-refractivity contribution in [1.29, 1.82) is 0 Å². The average Bonchev–Trinajstić information content (AvgIpc) is 3.12. The first-order valence-electron chi connectivity index (χ1n) is 8.50. The molecule has 0 radical (unpaired) electrons. The molecule has 34 heavy (non-hydrogen) atoms. The van der Waals surface area contributed by atoms with Crippen LogP contribution in [-0.2, 0) is 16.2 Å². The van der Waals surface area contributed by atoms with Crippen molar-refractivity contribution in [2.45, 2.75) is 17.4 Å². The van der Waals surface area contributed by atoms with Gasteiger partial charge in [-0.3, -0.25) is 4.79 Å². The van der Waals surface area contributed by atoms with Gasteiger partial charge in [-0.05, 0) is 42.5 Å². The van der Waals surface area contributed by atoms with Gasteiger partial charge in [0, 0.05) is 5.02 Å². The Morgan fingerprint density at radius 3 is 2.15 bits per heavy atom. The normalized spacial score (nSPS) is 12.5. The Kier molecular flexibility index (Phi) is 6.74. The highest BCUT2D eigenvalue weighted by Gasteiger charge is 2.43. The molecule has 2 aromatic carbocycles. The molecule has 0 saturated carbocycles. The minimum absolute atomic E-state index is 0.0955. The van der Waals surface area contributed by atoms with Gasteiger partial charge in [-0.2, -0.15) is 13.2 Å². The number of hydrogen-bond acceptors (Lipinski definition) is 6. The fraction of sp³-hybridized carbons (Fsp3) is 0.118. The zero-order valence-corrected chi connectivity index (χ0v) is 18.3. The number of carbonyl (C=O) groups excluding carboxylic acids is 1. The summed E-state index contributed by atoms with van der Waals surface area (Å²) in [5.41, 5.74) is -3.49. The SMILES string of the molecule is O=C(NS(=O)(=O)c1ccc(OC(F)(F)F)cc1)c1nnn(-c2ccc(Cl)cc2Cl)c1C(F)(F)F. The predicted molar refractivity (Wildman–Crippen MR) is 104 cm³/mol. The fourth-order valence-corrected chi connectivity index (χ4v) is 4.00. The molecule has 0 fully saturated rings. The highest BCUT2D eigenvalue weighted by atomic mass is 35.5. The molecule has 182 valence electrons. The maximum absolute atomic E-state index is 13.7. The number of halogens is 8. The molecule has 0 aliphatic rings. The summed E-state index contributed by atoms with van der Waals surface area (Å²) in [5.74, 6) is -2.57. The molecule has 8 nitrogen and oxygen atoms in total. The van der Waals surface area contributed by atoms with E-state index in [1.165, 1.54) is 10.8 Å². The van der Waals surface area contributed by atoms with Crippen LogP contribution >= 0.6 is 23.2 Å². The highest BCUT2D eigenvalue weighted by molar-refractivity contribution is 7.90. The first-order chi connectivity index (χ1) is 15.6. The molecule has 1 amide bonds. The number of rotatable bonds is 5. The molecule has 3 rings (SSSR count). The predicted octanol–water partition coefficient (Wildman–Crippen LogP) is 4.61. The minimum Gasteiger partial charge on any atom is -0.406 e. The topological polar surface area (TPSA) is 103 Å². The molecule has 0 aliphatic carbocycles. The van der Waals surface area contributed by atoms with Gasteiger partial charge in [0.25, 0.3) is 15.9 Å². The van der Waals surface area contributed by atoms with Gasteiger partial charge in [0.15, 0.2) is 11.4 Å². The third kappa shape index (κ3) is 5.71. The van der Waals surface area contributed by atoms with E-state index < -0.39 is 50.5 Å². The van der Waals surface area contributed by atoms with E-state index in [1.54, 1.807) is 0 Å². The maximum Gasteiger partial charge on any atom is 0.573 e. The molecule has 1 aromatic heterocycles. The molecule has 0 bridgehead atoms. The van der Waals surface area contributed by atoms with Gasteiger partial charge in [0.1, 0.15) is 5.75 Å². The van der Waals surface area contributed by atoms with E-state index in [-0.39, 0.29) is 20.4 Å². The number of amides is 1. The summed E-state index contributed by atoms with van der Waals surface area (Å²) in [6, 6.07) is 5.92. The van der Waals surface area contributed by atoms with Crippen molar-refractivity contribution in [3.63, 3.8) is 0 Å². The summed E-state index contributed by atoms with van der Waals surface area (Å²) in [4.78, 5) is 11.7. The Hall–Kier alpha value is -3.04. The van der Waals surface area contributed by atoms with Gasteiger partial charge < -0.3 is 4.74 Å². The van der Waals surface area contributed by atoms with E-state index >= 15 is 0 Å². The van der Waals surface area contributed by atoms with Crippen LogP contribution in [0.1, 0.15) is 16.2 Å². The van der Waals surface area contributed by atoms with Crippen molar-refractivity contribution in [2.75, 3.05) is 0 Å². The first-order valence-corrected chi connectivity index (χ1v) is 10.7. The summed E-state index contributed by atoms with van der Waals surface area (Å²) in [6.45, 7) is 0. The van der Waals surface area contributed by atoms with E-state index in [2.05, 4.69) is 15.0 Å². The number of alkyl halides is 6. The number of carbonyl (C=O) groups is 1. The largest absolute Gasteiger partial charge is 0.573 e. The lowest BCUT2D eigenvalue weighted by atomic mass is 10.2. The van der Waals surface area contributed by atoms with Gasteiger partial charge in [0.2, 0.25) is 0 Å². The molecule has 17 heteroatoms. The van der Waals surface area contributed by atoms with Crippen molar-refractivity contribution in [2.24, 2.45) is 0 Å². The Morgan fingerprint density at radius 1 is 1.00 bits per heavy atom. The van der Waals surface area contributed by atoms with Crippen molar-refractivity contribution >= 4 is 39.1 Å². The van der Waals surface area contributed by atoms with Crippen molar-refractivity contribution < 1.29 is 44.3 Å². The van der Waals surface area contributed by atoms with Crippen LogP contribution in [0.15, 0.2) is 47.4 Å². The quantitative estimate of drug-likeness (QED) is 0.467. The Balaban J connectivity index is 1.95. The number of aromatic nitrogens is 3. The number of ether oxygens (including phenoxy) is 1. The lowest BCUT2D eigenvalue weighted by Gasteiger charge is -2.13. The maximum atomic E-state index is 13.7. The number of nitrogens with one attached hydrogen (secondary N) is 1. The minimum atomic E-state index is -5.24. The van der Waals surface area contributed by atoms with Crippen molar-refractivity contribution in [3.05, 3.63) is 63.9 Å². The number of benzene rings is 2. The Labute approximate surface area is 196 Å². The van der Waals surface area contributed by atoms with Crippen LogP contribution in [-0.4, -0.2) is 35.7 Å². The second kappa shape index (κ2) is 8.96. The molecule has 3 aromatic rings. The monoisotopic (exact) mass is 548 g/mol. The van der Waals surface area contributed by atoms with Crippen LogP contribution in [0.3, 0.4) is 0 Å². The average molecular weight is 549 g/mol. The number of nitrogens with zero attached hydrogens (tertiary/aromatic N) is 3. The molecular formula is C17H8Cl2F6N4O4S. The molecule has 0 saturated heterocycles. The van der Waals surface area contributed by atoms with Gasteiger partial charge in [-0.25, -0.2) is 17.8 Å². The Morgan fingerprint density at radius 2 is 1.62 bits per heavy atom. The molecule has 0 spiro atoms. The lowest BCUT2D eigenvalue weighted by Crippen LogP contribution is -2.32. The van der Waals surface area contributed by atoms with Crippen LogP contribution in [0.25, 0.3) is 5.69 Å². The summed E-state index contributed by atoms with van der Waals surface area (Å²) >= 11 is 11.6. The molecule has 0 atom stereocenters. The van der Waals surface area contributed by atoms with Gasteiger partial charge in [-0.1, -0.05) is 28.4 Å². The van der Waals surface area contributed by atoms with Crippen LogP contribution in [0.4, 0.5) is 26.3 Å². The van der Waals surface area contributed by atoms with Crippen molar-refractivity contribution in [1.82, 2.24) is 19.7 Å². The number of sulfonamides is 1. The molecule has 0 unspecified atom stereocenters. The summed E-state index contributed by atoms with van der Waals surface area (Å²) in [5, 5.41) is 6.21. The van der Waals surface area contributed by atoms with E-state index in [1.807, 2.05) is 0 Å². The van der Waals surface area contributed by atoms with Gasteiger partial charge in [-0.15, -0.1) is 18.3 Å². The van der Waals surface area contributed by atoms with E-state index in [9.17, 15) is 39.6 Å². The molecule has 1 N–H and O–H groups in total. The molecular weight excluding hydrogens is 541 g/mol.